The van der Waals surface area contributed by atoms with Crippen molar-refractivity contribution in [3.63, 3.8) is 0 Å². The van der Waals surface area contributed by atoms with Gasteiger partial charge in [0.05, 0.1) is 4.90 Å². The monoisotopic (exact) mass is 334 g/mol. The average molecular weight is 334 g/mol. The number of nitrogens with one attached hydrogen (secondary N) is 2. The van der Waals surface area contributed by atoms with E-state index in [9.17, 15) is 13.2 Å². The zero-order chi connectivity index (χ0) is 16.9. The van der Waals surface area contributed by atoms with E-state index in [1.54, 1.807) is 37.4 Å². The number of sulfonamides is 1. The Kier molecular flexibility index (Phi) is 5.30. The number of nitrogens with two attached hydrogens (primary N) is 1. The summed E-state index contributed by atoms with van der Waals surface area (Å²) in [5.41, 5.74) is 1.23. The van der Waals surface area contributed by atoms with Crippen molar-refractivity contribution in [2.45, 2.75) is 11.3 Å². The van der Waals surface area contributed by atoms with Crippen LogP contribution in [0.25, 0.3) is 0 Å². The van der Waals surface area contributed by atoms with E-state index in [1.165, 1.54) is 12.1 Å². The molecule has 0 fully saturated rings. The summed E-state index contributed by atoms with van der Waals surface area (Å²) in [6.07, 6.45) is 0.572. The molecule has 0 aliphatic heterocycles. The molecule has 8 heteroatoms. The number of carbonyl (C=O) groups excluding carboxylic acids is 1. The molecule has 0 radical (unpaired) electrons. The Balaban J connectivity index is 1.90. The zero-order valence-corrected chi connectivity index (χ0v) is 13.4. The van der Waals surface area contributed by atoms with Gasteiger partial charge in [0.2, 0.25) is 10.0 Å². The summed E-state index contributed by atoms with van der Waals surface area (Å²) in [5, 5.41) is 10.7. The second-order valence-corrected chi connectivity index (χ2v) is 6.41. The summed E-state index contributed by atoms with van der Waals surface area (Å²) in [6.45, 7) is 0.416. The molecule has 122 valence electrons. The highest BCUT2D eigenvalue weighted by Crippen LogP contribution is 2.09. The molecule has 23 heavy (non-hydrogen) atoms. The lowest BCUT2D eigenvalue weighted by atomic mass is 10.1. The van der Waals surface area contributed by atoms with Gasteiger partial charge in [-0.2, -0.15) is 0 Å². The van der Waals surface area contributed by atoms with Gasteiger partial charge in [-0.3, -0.25) is 4.79 Å². The SMILES string of the molecule is CNc1cccc(C(=O)NCCc2ccc(S(N)(=O)=O)cc2)n1. The second kappa shape index (κ2) is 7.21. The molecule has 0 bridgehead atoms. The Morgan fingerprint density at radius 3 is 2.48 bits per heavy atom. The number of nitrogens with zero attached hydrogens (tertiary/aromatic N) is 1. The lowest BCUT2D eigenvalue weighted by Gasteiger charge is -2.07. The molecule has 2 aromatic rings. The maximum Gasteiger partial charge on any atom is 0.269 e. The Labute approximate surface area is 135 Å². The first-order valence-corrected chi connectivity index (χ1v) is 8.49. The van der Waals surface area contributed by atoms with Gasteiger partial charge in [0, 0.05) is 13.6 Å². The molecular formula is C15H18N4O3S. The summed E-state index contributed by atoms with van der Waals surface area (Å²) in [5.74, 6) is 0.361. The maximum atomic E-state index is 12.0. The van der Waals surface area contributed by atoms with E-state index in [0.29, 0.717) is 24.5 Å². The third-order valence-corrected chi connectivity index (χ3v) is 4.12. The number of anilines is 1. The number of rotatable bonds is 6. The molecule has 0 aliphatic rings. The number of benzene rings is 1. The van der Waals surface area contributed by atoms with Gasteiger partial charge < -0.3 is 10.6 Å². The van der Waals surface area contributed by atoms with Crippen LogP contribution in [0.2, 0.25) is 0 Å². The van der Waals surface area contributed by atoms with Gasteiger partial charge in [-0.25, -0.2) is 18.5 Å². The number of hydrogen-bond donors (Lipinski definition) is 3. The van der Waals surface area contributed by atoms with Crippen molar-refractivity contribution >= 4 is 21.7 Å². The van der Waals surface area contributed by atoms with Gasteiger partial charge in [-0.1, -0.05) is 18.2 Å². The highest BCUT2D eigenvalue weighted by molar-refractivity contribution is 7.89. The summed E-state index contributed by atoms with van der Waals surface area (Å²) in [6, 6.07) is 11.4. The Hall–Kier alpha value is -2.45. The van der Waals surface area contributed by atoms with E-state index in [0.717, 1.165) is 5.56 Å². The molecule has 0 saturated heterocycles. The number of pyridine rings is 1. The number of carbonyl (C=O) groups is 1. The van der Waals surface area contributed by atoms with Gasteiger partial charge in [-0.05, 0) is 36.2 Å². The molecule has 7 nitrogen and oxygen atoms in total. The Morgan fingerprint density at radius 2 is 1.87 bits per heavy atom. The van der Waals surface area contributed by atoms with Gasteiger partial charge in [0.15, 0.2) is 0 Å². The fourth-order valence-electron chi connectivity index (χ4n) is 1.96. The van der Waals surface area contributed by atoms with E-state index in [2.05, 4.69) is 15.6 Å². The van der Waals surface area contributed by atoms with Gasteiger partial charge in [0.1, 0.15) is 11.5 Å². The van der Waals surface area contributed by atoms with Crippen molar-refractivity contribution in [3.05, 3.63) is 53.7 Å². The van der Waals surface area contributed by atoms with Crippen LogP contribution in [-0.4, -0.2) is 32.9 Å². The summed E-state index contributed by atoms with van der Waals surface area (Å²) in [4.78, 5) is 16.2. The van der Waals surface area contributed by atoms with Crippen LogP contribution in [0.15, 0.2) is 47.4 Å². The fraction of sp³-hybridized carbons (Fsp3) is 0.200. The zero-order valence-electron chi connectivity index (χ0n) is 12.6. The predicted molar refractivity (Wildman–Crippen MR) is 87.6 cm³/mol. The van der Waals surface area contributed by atoms with Crippen molar-refractivity contribution in [1.29, 1.82) is 0 Å². The van der Waals surface area contributed by atoms with E-state index in [-0.39, 0.29) is 10.8 Å². The van der Waals surface area contributed by atoms with Crippen LogP contribution in [0.4, 0.5) is 5.82 Å². The van der Waals surface area contributed by atoms with E-state index in [4.69, 9.17) is 5.14 Å². The highest BCUT2D eigenvalue weighted by Gasteiger charge is 2.08. The predicted octanol–water partition coefficient (Wildman–Crippen LogP) is 0.743. The van der Waals surface area contributed by atoms with Crippen LogP contribution >= 0.6 is 0 Å². The molecule has 1 aromatic carbocycles. The lowest BCUT2D eigenvalue weighted by Crippen LogP contribution is -2.26. The number of primary sulfonamides is 1. The third kappa shape index (κ3) is 4.76. The Morgan fingerprint density at radius 1 is 1.17 bits per heavy atom. The molecule has 1 amide bonds. The van der Waals surface area contributed by atoms with Crippen LogP contribution in [0.5, 0.6) is 0 Å². The second-order valence-electron chi connectivity index (χ2n) is 4.85. The molecule has 0 aliphatic carbocycles. The molecule has 0 atom stereocenters. The van der Waals surface area contributed by atoms with E-state index >= 15 is 0 Å². The van der Waals surface area contributed by atoms with Crippen LogP contribution in [0.3, 0.4) is 0 Å². The lowest BCUT2D eigenvalue weighted by molar-refractivity contribution is 0.0949. The van der Waals surface area contributed by atoms with Gasteiger partial charge >= 0.3 is 0 Å². The molecule has 1 heterocycles. The topological polar surface area (TPSA) is 114 Å². The smallest absolute Gasteiger partial charge is 0.269 e. The number of hydrogen-bond acceptors (Lipinski definition) is 5. The van der Waals surface area contributed by atoms with E-state index < -0.39 is 10.0 Å². The minimum atomic E-state index is -3.68. The van der Waals surface area contributed by atoms with Crippen molar-refractivity contribution in [3.8, 4) is 0 Å². The Bertz CT molecular complexity index is 789. The van der Waals surface area contributed by atoms with Crippen LogP contribution < -0.4 is 15.8 Å². The van der Waals surface area contributed by atoms with Crippen molar-refractivity contribution < 1.29 is 13.2 Å². The van der Waals surface area contributed by atoms with Gasteiger partial charge in [0.25, 0.3) is 5.91 Å². The van der Waals surface area contributed by atoms with Crippen molar-refractivity contribution in [2.24, 2.45) is 5.14 Å². The van der Waals surface area contributed by atoms with Crippen molar-refractivity contribution in [2.75, 3.05) is 18.9 Å². The molecular weight excluding hydrogens is 316 g/mol. The molecule has 0 unspecified atom stereocenters. The summed E-state index contributed by atoms with van der Waals surface area (Å²) in [7, 11) is -1.95. The maximum absolute atomic E-state index is 12.0. The largest absolute Gasteiger partial charge is 0.373 e. The molecule has 0 saturated carbocycles. The molecule has 1 aromatic heterocycles. The first kappa shape index (κ1) is 16.9. The fourth-order valence-corrected chi connectivity index (χ4v) is 2.47. The summed E-state index contributed by atoms with van der Waals surface area (Å²) < 4.78 is 22.3. The van der Waals surface area contributed by atoms with E-state index in [1.807, 2.05) is 0 Å². The quantitative estimate of drug-likeness (QED) is 0.721. The highest BCUT2D eigenvalue weighted by atomic mass is 32.2. The molecule has 2 rings (SSSR count). The summed E-state index contributed by atoms with van der Waals surface area (Å²) >= 11 is 0. The first-order valence-electron chi connectivity index (χ1n) is 6.95. The van der Waals surface area contributed by atoms with Crippen molar-refractivity contribution in [1.82, 2.24) is 10.3 Å². The van der Waals surface area contributed by atoms with Crippen LogP contribution in [-0.2, 0) is 16.4 Å². The first-order chi connectivity index (χ1) is 10.9. The van der Waals surface area contributed by atoms with Crippen LogP contribution in [0.1, 0.15) is 16.1 Å². The standard InChI is InChI=1S/C15H18N4O3S/c1-17-14-4-2-3-13(19-14)15(20)18-10-9-11-5-7-12(8-6-11)23(16,21)22/h2-8H,9-10H2,1H3,(H,17,19)(H,18,20)(H2,16,21,22). The average Bonchev–Trinajstić information content (AvgIpc) is 2.54. The van der Waals surface area contributed by atoms with Crippen LogP contribution in [0, 0.1) is 0 Å². The minimum Gasteiger partial charge on any atom is -0.373 e. The number of aromatic nitrogens is 1. The third-order valence-electron chi connectivity index (χ3n) is 3.19. The minimum absolute atomic E-state index is 0.0679. The normalized spacial score (nSPS) is 11.0. The molecule has 0 spiro atoms. The number of amides is 1. The molecule has 4 N–H and O–H groups in total. The van der Waals surface area contributed by atoms with Gasteiger partial charge in [-0.15, -0.1) is 0 Å².